The molecule has 7 nitrogen and oxygen atoms in total. The maximum absolute atomic E-state index is 13.1. The number of hydrogen-bond acceptors (Lipinski definition) is 5. The topological polar surface area (TPSA) is 105 Å². The fourth-order valence-corrected chi connectivity index (χ4v) is 1.28. The second kappa shape index (κ2) is 7.96. The Hall–Kier alpha value is -2.25. The molecule has 1 aromatic rings. The van der Waals surface area contributed by atoms with E-state index in [0.717, 1.165) is 19.1 Å². The molecule has 0 unspecified atom stereocenters. The SMILES string of the molecule is O=CCCCCCC(=O)N=Nc1[nH]c(=O)ncc1F. The van der Waals surface area contributed by atoms with Gasteiger partial charge in [-0.15, -0.1) is 10.2 Å². The quantitative estimate of drug-likeness (QED) is 0.461. The van der Waals surface area contributed by atoms with Crippen LogP contribution in [0.1, 0.15) is 32.1 Å². The summed E-state index contributed by atoms with van der Waals surface area (Å²) in [6.07, 6.45) is 4.21. The number of aromatic amines is 1. The van der Waals surface area contributed by atoms with Gasteiger partial charge in [0.05, 0.1) is 6.20 Å². The van der Waals surface area contributed by atoms with Crippen molar-refractivity contribution in [3.05, 3.63) is 22.5 Å². The first kappa shape index (κ1) is 14.8. The van der Waals surface area contributed by atoms with Crippen molar-refractivity contribution in [3.63, 3.8) is 0 Å². The van der Waals surface area contributed by atoms with Crippen LogP contribution in [0.3, 0.4) is 0 Å². The van der Waals surface area contributed by atoms with Crippen molar-refractivity contribution in [1.82, 2.24) is 9.97 Å². The van der Waals surface area contributed by atoms with Gasteiger partial charge in [0.15, 0.2) is 11.6 Å². The van der Waals surface area contributed by atoms with Gasteiger partial charge in [-0.1, -0.05) is 6.42 Å². The van der Waals surface area contributed by atoms with Crippen LogP contribution in [0, 0.1) is 5.82 Å². The Bertz CT molecular complexity index is 527. The maximum Gasteiger partial charge on any atom is 0.346 e. The summed E-state index contributed by atoms with van der Waals surface area (Å²) in [6.45, 7) is 0. The van der Waals surface area contributed by atoms with Crippen molar-refractivity contribution in [2.45, 2.75) is 32.1 Å². The molecule has 1 N–H and O–H groups in total. The van der Waals surface area contributed by atoms with Crippen molar-refractivity contribution >= 4 is 18.0 Å². The van der Waals surface area contributed by atoms with Crippen LogP contribution in [0.4, 0.5) is 10.2 Å². The molecule has 0 aromatic carbocycles. The molecular formula is C11H13FN4O3. The van der Waals surface area contributed by atoms with Crippen LogP contribution in [-0.4, -0.2) is 22.2 Å². The minimum atomic E-state index is -0.859. The molecule has 0 saturated heterocycles. The number of rotatable bonds is 7. The van der Waals surface area contributed by atoms with Crippen LogP contribution in [0.25, 0.3) is 0 Å². The average Bonchev–Trinajstić information content (AvgIpc) is 2.39. The summed E-state index contributed by atoms with van der Waals surface area (Å²) in [7, 11) is 0. The summed E-state index contributed by atoms with van der Waals surface area (Å²) in [5.41, 5.74) is -0.767. The molecule has 0 atom stereocenters. The highest BCUT2D eigenvalue weighted by Gasteiger charge is 2.04. The molecule has 1 amide bonds. The molecule has 1 rings (SSSR count). The van der Waals surface area contributed by atoms with E-state index in [0.29, 0.717) is 19.0 Å². The third kappa shape index (κ3) is 5.75. The lowest BCUT2D eigenvalue weighted by molar-refractivity contribution is -0.118. The third-order valence-electron chi connectivity index (χ3n) is 2.22. The normalized spacial score (nSPS) is 10.8. The zero-order valence-electron chi connectivity index (χ0n) is 10.1. The predicted molar refractivity (Wildman–Crippen MR) is 63.5 cm³/mol. The van der Waals surface area contributed by atoms with E-state index in [1.807, 2.05) is 4.98 Å². The van der Waals surface area contributed by atoms with Gasteiger partial charge in [0.2, 0.25) is 0 Å². The van der Waals surface area contributed by atoms with Gasteiger partial charge in [0, 0.05) is 12.8 Å². The van der Waals surface area contributed by atoms with Crippen molar-refractivity contribution < 1.29 is 14.0 Å². The Balaban J connectivity index is 2.43. The lowest BCUT2D eigenvalue weighted by Gasteiger charge is -1.95. The molecule has 0 fully saturated rings. The largest absolute Gasteiger partial charge is 0.346 e. The number of H-pyrrole nitrogens is 1. The molecule has 1 aromatic heterocycles. The summed E-state index contributed by atoms with van der Waals surface area (Å²) in [6, 6.07) is 0. The van der Waals surface area contributed by atoms with Gasteiger partial charge in [0.25, 0.3) is 5.91 Å². The highest BCUT2D eigenvalue weighted by molar-refractivity contribution is 5.76. The van der Waals surface area contributed by atoms with Gasteiger partial charge in [-0.2, -0.15) is 4.98 Å². The van der Waals surface area contributed by atoms with E-state index in [2.05, 4.69) is 15.2 Å². The molecule has 0 aliphatic rings. The second-order valence-electron chi connectivity index (χ2n) is 3.74. The van der Waals surface area contributed by atoms with Crippen LogP contribution in [0.5, 0.6) is 0 Å². The van der Waals surface area contributed by atoms with Gasteiger partial charge in [0.1, 0.15) is 6.29 Å². The maximum atomic E-state index is 13.1. The number of unbranched alkanes of at least 4 members (excludes halogenated alkanes) is 3. The van der Waals surface area contributed by atoms with Gasteiger partial charge < -0.3 is 4.79 Å². The zero-order chi connectivity index (χ0) is 14.1. The first-order valence-corrected chi connectivity index (χ1v) is 5.76. The Morgan fingerprint density at radius 1 is 1.42 bits per heavy atom. The predicted octanol–water partition coefficient (Wildman–Crippen LogP) is 1.67. The highest BCUT2D eigenvalue weighted by atomic mass is 19.1. The molecule has 19 heavy (non-hydrogen) atoms. The van der Waals surface area contributed by atoms with Gasteiger partial charge in [-0.3, -0.25) is 9.78 Å². The van der Waals surface area contributed by atoms with Crippen LogP contribution >= 0.6 is 0 Å². The molecular weight excluding hydrogens is 255 g/mol. The molecule has 0 aliphatic carbocycles. The molecule has 0 bridgehead atoms. The first-order chi connectivity index (χ1) is 9.13. The molecule has 0 spiro atoms. The van der Waals surface area contributed by atoms with Crippen molar-refractivity contribution in [2.75, 3.05) is 0 Å². The number of aromatic nitrogens is 2. The van der Waals surface area contributed by atoms with Crippen LogP contribution in [0.15, 0.2) is 21.2 Å². The summed E-state index contributed by atoms with van der Waals surface area (Å²) in [4.78, 5) is 37.3. The van der Waals surface area contributed by atoms with Crippen molar-refractivity contribution in [1.29, 1.82) is 0 Å². The van der Waals surface area contributed by atoms with Crippen LogP contribution < -0.4 is 5.69 Å². The van der Waals surface area contributed by atoms with Gasteiger partial charge in [-0.05, 0) is 12.8 Å². The van der Waals surface area contributed by atoms with Gasteiger partial charge in [-0.25, -0.2) is 9.18 Å². The number of amides is 1. The smallest absolute Gasteiger partial charge is 0.303 e. The fraction of sp³-hybridized carbons (Fsp3) is 0.455. The molecule has 1 heterocycles. The number of azo groups is 1. The Labute approximate surface area is 108 Å². The van der Waals surface area contributed by atoms with E-state index in [-0.39, 0.29) is 6.42 Å². The number of carbonyl (C=O) groups is 2. The van der Waals surface area contributed by atoms with E-state index in [1.165, 1.54) is 0 Å². The van der Waals surface area contributed by atoms with E-state index in [9.17, 15) is 18.8 Å². The number of nitrogens with zero attached hydrogens (tertiary/aromatic N) is 3. The average molecular weight is 268 g/mol. The second-order valence-corrected chi connectivity index (χ2v) is 3.74. The Kier molecular flexibility index (Phi) is 6.20. The Morgan fingerprint density at radius 3 is 2.95 bits per heavy atom. The number of hydrogen-bond donors (Lipinski definition) is 1. The van der Waals surface area contributed by atoms with E-state index < -0.39 is 23.2 Å². The number of nitrogens with one attached hydrogen (secondary N) is 1. The van der Waals surface area contributed by atoms with E-state index in [1.54, 1.807) is 0 Å². The van der Waals surface area contributed by atoms with Crippen molar-refractivity contribution in [3.8, 4) is 0 Å². The fourth-order valence-electron chi connectivity index (χ4n) is 1.28. The summed E-state index contributed by atoms with van der Waals surface area (Å²) in [5, 5.41) is 6.62. The minimum Gasteiger partial charge on any atom is -0.303 e. The van der Waals surface area contributed by atoms with E-state index >= 15 is 0 Å². The van der Waals surface area contributed by atoms with Crippen molar-refractivity contribution in [2.24, 2.45) is 10.2 Å². The standard InChI is InChI=1S/C11H13FN4O3/c12-8-7-13-11(19)14-10(8)16-15-9(18)5-3-1-2-4-6-17/h6-7H,1-5H2,(H,13,14,19). The number of aldehydes is 1. The third-order valence-corrected chi connectivity index (χ3v) is 2.22. The Morgan fingerprint density at radius 2 is 2.21 bits per heavy atom. The summed E-state index contributed by atoms with van der Waals surface area (Å²) < 4.78 is 13.1. The van der Waals surface area contributed by atoms with Crippen LogP contribution in [-0.2, 0) is 9.59 Å². The molecule has 0 radical (unpaired) electrons. The molecule has 8 heteroatoms. The zero-order valence-corrected chi connectivity index (χ0v) is 10.1. The summed E-state index contributed by atoms with van der Waals surface area (Å²) in [5.74, 6) is -1.79. The summed E-state index contributed by atoms with van der Waals surface area (Å²) >= 11 is 0. The highest BCUT2D eigenvalue weighted by Crippen LogP contribution is 2.11. The number of carbonyl (C=O) groups excluding carboxylic acids is 2. The molecule has 0 aliphatic heterocycles. The lowest BCUT2D eigenvalue weighted by Crippen LogP contribution is -2.09. The van der Waals surface area contributed by atoms with Gasteiger partial charge >= 0.3 is 5.69 Å². The number of halogens is 1. The lowest BCUT2D eigenvalue weighted by atomic mass is 10.1. The minimum absolute atomic E-state index is 0.166. The molecule has 0 saturated carbocycles. The van der Waals surface area contributed by atoms with E-state index in [4.69, 9.17) is 0 Å². The van der Waals surface area contributed by atoms with Crippen LogP contribution in [0.2, 0.25) is 0 Å². The first-order valence-electron chi connectivity index (χ1n) is 5.76. The monoisotopic (exact) mass is 268 g/mol. The molecule has 102 valence electrons.